The molecule has 22 heavy (non-hydrogen) atoms. The maximum absolute atomic E-state index is 12.7. The second-order valence-corrected chi connectivity index (χ2v) is 5.94. The minimum atomic E-state index is -4.73. The van der Waals surface area contributed by atoms with Gasteiger partial charge in [-0.1, -0.05) is 19.1 Å². The topological polar surface area (TPSA) is 75.3 Å². The Morgan fingerprint density at radius 2 is 1.41 bits per heavy atom. The number of aryl methyl sites for hydroxylation is 1. The summed E-state index contributed by atoms with van der Waals surface area (Å²) in [4.78, 5) is 11.4. The molecule has 5 nitrogen and oxygen atoms in total. The minimum absolute atomic E-state index is 0.357. The van der Waals surface area contributed by atoms with Crippen LogP contribution in [0, 0.1) is 0 Å². The predicted octanol–water partition coefficient (Wildman–Crippen LogP) is 3.55. The number of hydrogen-bond donors (Lipinski definition) is 2. The molecule has 0 aliphatic heterocycles. The number of nitrogens with one attached hydrogen (secondary N) is 2. The highest BCUT2D eigenvalue weighted by molar-refractivity contribution is 7.86. The van der Waals surface area contributed by atoms with Crippen LogP contribution in [0.2, 0.25) is 0 Å². The third-order valence-corrected chi connectivity index (χ3v) is 3.85. The molecule has 116 valence electrons. The van der Waals surface area contributed by atoms with Crippen LogP contribution < -0.4 is 10.6 Å². The fourth-order valence-electron chi connectivity index (χ4n) is 1.82. The van der Waals surface area contributed by atoms with Crippen LogP contribution in [0.3, 0.4) is 0 Å². The van der Waals surface area contributed by atoms with Crippen LogP contribution in [-0.4, -0.2) is 14.4 Å². The van der Waals surface area contributed by atoms with Crippen LogP contribution in [0.5, 0.6) is 0 Å². The molecule has 2 aromatic carbocycles. The second kappa shape index (κ2) is 6.57. The van der Waals surface area contributed by atoms with Gasteiger partial charge in [0.25, 0.3) is 0 Å². The van der Waals surface area contributed by atoms with Gasteiger partial charge in [-0.3, -0.25) is 0 Å². The average Bonchev–Trinajstić information content (AvgIpc) is 2.47. The Balaban J connectivity index is 1.99. The van der Waals surface area contributed by atoms with Crippen molar-refractivity contribution < 1.29 is 17.1 Å². The van der Waals surface area contributed by atoms with E-state index in [2.05, 4.69) is 10.6 Å². The molecule has 2 rings (SSSR count). The number of rotatable bonds is 4. The molecule has 2 N–H and O–H groups in total. The number of halogens is 1. The Bertz CT molecular complexity index is 756. The summed E-state index contributed by atoms with van der Waals surface area (Å²) in [5.41, 5.74) is 2.15. The highest BCUT2D eigenvalue weighted by atomic mass is 32.3. The molecule has 0 unspecified atom stereocenters. The van der Waals surface area contributed by atoms with E-state index in [0.29, 0.717) is 11.4 Å². The van der Waals surface area contributed by atoms with Crippen molar-refractivity contribution in [2.45, 2.75) is 18.2 Å². The SMILES string of the molecule is CCc1ccc(NC(=O)Nc2ccc(S(=O)(=O)F)cc2)cc1. The minimum Gasteiger partial charge on any atom is -0.308 e. The first-order valence-electron chi connectivity index (χ1n) is 6.60. The molecule has 0 fully saturated rings. The Morgan fingerprint density at radius 1 is 0.955 bits per heavy atom. The number of anilines is 2. The summed E-state index contributed by atoms with van der Waals surface area (Å²) in [6.07, 6.45) is 0.913. The third kappa shape index (κ3) is 4.29. The molecule has 0 radical (unpaired) electrons. The molecule has 0 spiro atoms. The van der Waals surface area contributed by atoms with Crippen molar-refractivity contribution in [1.82, 2.24) is 0 Å². The predicted molar refractivity (Wildman–Crippen MR) is 83.2 cm³/mol. The number of amides is 2. The number of benzene rings is 2. The molecule has 7 heteroatoms. The highest BCUT2D eigenvalue weighted by Crippen LogP contribution is 2.16. The molecule has 0 saturated carbocycles. The number of urea groups is 1. The van der Waals surface area contributed by atoms with Gasteiger partial charge in [0.15, 0.2) is 0 Å². The van der Waals surface area contributed by atoms with E-state index in [0.717, 1.165) is 24.1 Å². The Morgan fingerprint density at radius 3 is 1.82 bits per heavy atom. The Labute approximate surface area is 128 Å². The van der Waals surface area contributed by atoms with Crippen molar-refractivity contribution in [3.8, 4) is 0 Å². The zero-order valence-corrected chi connectivity index (χ0v) is 12.7. The van der Waals surface area contributed by atoms with Crippen LogP contribution in [0.25, 0.3) is 0 Å². The van der Waals surface area contributed by atoms with Gasteiger partial charge in [-0.25, -0.2) is 4.79 Å². The number of carbonyl (C=O) groups excluding carboxylic acids is 1. The van der Waals surface area contributed by atoms with E-state index >= 15 is 0 Å². The summed E-state index contributed by atoms with van der Waals surface area (Å²) in [7, 11) is -4.73. The van der Waals surface area contributed by atoms with Crippen LogP contribution in [0.1, 0.15) is 12.5 Å². The monoisotopic (exact) mass is 322 g/mol. The van der Waals surface area contributed by atoms with Gasteiger partial charge >= 0.3 is 16.3 Å². The molecule has 0 bridgehead atoms. The van der Waals surface area contributed by atoms with Crippen LogP contribution in [-0.2, 0) is 16.6 Å². The molecule has 0 aliphatic rings. The molecule has 2 aromatic rings. The van der Waals surface area contributed by atoms with E-state index in [4.69, 9.17) is 0 Å². The molecule has 0 heterocycles. The van der Waals surface area contributed by atoms with E-state index in [-0.39, 0.29) is 0 Å². The smallest absolute Gasteiger partial charge is 0.308 e. The first kappa shape index (κ1) is 16.0. The standard InChI is InChI=1S/C15H15FN2O3S/c1-2-11-3-5-12(6-4-11)17-15(19)18-13-7-9-14(10-8-13)22(16,20)21/h3-10H,2H2,1H3,(H2,17,18,19). The van der Waals surface area contributed by atoms with Crippen molar-refractivity contribution in [1.29, 1.82) is 0 Å². The van der Waals surface area contributed by atoms with Crippen molar-refractivity contribution >= 4 is 27.6 Å². The molecule has 0 aromatic heterocycles. The Hall–Kier alpha value is -2.41. The quantitative estimate of drug-likeness (QED) is 0.845. The van der Waals surface area contributed by atoms with Gasteiger partial charge < -0.3 is 10.6 Å². The molecular formula is C15H15FN2O3S. The number of carbonyl (C=O) groups is 1. The molecule has 0 atom stereocenters. The first-order chi connectivity index (χ1) is 10.4. The second-order valence-electron chi connectivity index (χ2n) is 4.59. The lowest BCUT2D eigenvalue weighted by atomic mass is 10.1. The fraction of sp³-hybridized carbons (Fsp3) is 0.133. The van der Waals surface area contributed by atoms with Crippen molar-refractivity contribution in [2.75, 3.05) is 10.6 Å². The van der Waals surface area contributed by atoms with E-state index in [1.54, 1.807) is 12.1 Å². The normalized spacial score (nSPS) is 11.0. The molecule has 2 amide bonds. The van der Waals surface area contributed by atoms with Crippen molar-refractivity contribution in [3.63, 3.8) is 0 Å². The van der Waals surface area contributed by atoms with E-state index in [1.807, 2.05) is 19.1 Å². The molecule has 0 saturated heterocycles. The summed E-state index contributed by atoms with van der Waals surface area (Å²) in [5, 5.41) is 5.17. The maximum atomic E-state index is 12.7. The first-order valence-corrected chi connectivity index (χ1v) is 7.98. The summed E-state index contributed by atoms with van der Waals surface area (Å²) in [6.45, 7) is 2.04. The maximum Gasteiger partial charge on any atom is 0.332 e. The van der Waals surface area contributed by atoms with Gasteiger partial charge in [-0.05, 0) is 48.4 Å². The van der Waals surface area contributed by atoms with Crippen molar-refractivity contribution in [2.24, 2.45) is 0 Å². The molecular weight excluding hydrogens is 307 g/mol. The zero-order valence-electron chi connectivity index (χ0n) is 11.8. The van der Waals surface area contributed by atoms with Gasteiger partial charge in [0.1, 0.15) is 0 Å². The van der Waals surface area contributed by atoms with E-state index < -0.39 is 21.1 Å². The highest BCUT2D eigenvalue weighted by Gasteiger charge is 2.11. The van der Waals surface area contributed by atoms with Crippen LogP contribution in [0.4, 0.5) is 20.1 Å². The lowest BCUT2D eigenvalue weighted by molar-refractivity contribution is 0.262. The lowest BCUT2D eigenvalue weighted by Crippen LogP contribution is -2.19. The van der Waals surface area contributed by atoms with Gasteiger partial charge in [-0.15, -0.1) is 3.89 Å². The zero-order chi connectivity index (χ0) is 16.2. The summed E-state index contributed by atoms with van der Waals surface area (Å²) < 4.78 is 34.1. The van der Waals surface area contributed by atoms with E-state index in [1.165, 1.54) is 12.1 Å². The summed E-state index contributed by atoms with van der Waals surface area (Å²) in [5.74, 6) is 0. The van der Waals surface area contributed by atoms with Gasteiger partial charge in [0, 0.05) is 11.4 Å². The summed E-state index contributed by atoms with van der Waals surface area (Å²) >= 11 is 0. The van der Waals surface area contributed by atoms with Gasteiger partial charge in [-0.2, -0.15) is 8.42 Å². The fourth-order valence-corrected chi connectivity index (χ4v) is 2.28. The lowest BCUT2D eigenvalue weighted by Gasteiger charge is -2.08. The largest absolute Gasteiger partial charge is 0.332 e. The van der Waals surface area contributed by atoms with E-state index in [9.17, 15) is 17.1 Å². The van der Waals surface area contributed by atoms with Crippen LogP contribution in [0.15, 0.2) is 53.4 Å². The average molecular weight is 322 g/mol. The van der Waals surface area contributed by atoms with Crippen LogP contribution >= 0.6 is 0 Å². The van der Waals surface area contributed by atoms with Gasteiger partial charge in [0.05, 0.1) is 4.90 Å². The van der Waals surface area contributed by atoms with Gasteiger partial charge in [0.2, 0.25) is 0 Å². The number of hydrogen-bond acceptors (Lipinski definition) is 3. The van der Waals surface area contributed by atoms with Crippen molar-refractivity contribution in [3.05, 3.63) is 54.1 Å². The molecule has 0 aliphatic carbocycles. The Kier molecular flexibility index (Phi) is 4.77. The third-order valence-electron chi connectivity index (χ3n) is 3.01. The summed E-state index contributed by atoms with van der Waals surface area (Å²) in [6, 6.07) is 11.7.